The van der Waals surface area contributed by atoms with E-state index in [1.54, 1.807) is 29.8 Å². The van der Waals surface area contributed by atoms with Crippen molar-refractivity contribution in [1.82, 2.24) is 9.97 Å². The molecule has 0 aliphatic rings. The van der Waals surface area contributed by atoms with Crippen LogP contribution in [0.15, 0.2) is 46.8 Å². The van der Waals surface area contributed by atoms with Gasteiger partial charge >= 0.3 is 0 Å². The molecule has 0 saturated heterocycles. The van der Waals surface area contributed by atoms with Crippen molar-refractivity contribution in [2.24, 2.45) is 0 Å². The average molecular weight is 351 g/mol. The van der Waals surface area contributed by atoms with Gasteiger partial charge in [0.05, 0.1) is 5.39 Å². The Bertz CT molecular complexity index is 1150. The van der Waals surface area contributed by atoms with Gasteiger partial charge in [0, 0.05) is 33.1 Å². The van der Waals surface area contributed by atoms with E-state index < -0.39 is 5.56 Å². The van der Waals surface area contributed by atoms with Crippen LogP contribution >= 0.6 is 22.7 Å². The van der Waals surface area contributed by atoms with Crippen LogP contribution in [0, 0.1) is 11.3 Å². The van der Waals surface area contributed by atoms with Gasteiger partial charge in [-0.25, -0.2) is 0 Å². The summed E-state index contributed by atoms with van der Waals surface area (Å²) in [5, 5.41) is 21.8. The van der Waals surface area contributed by atoms with Crippen LogP contribution < -0.4 is 5.56 Å². The van der Waals surface area contributed by atoms with Crippen LogP contribution in [0.1, 0.15) is 5.56 Å². The Morgan fingerprint density at radius 1 is 1.17 bits per heavy atom. The summed E-state index contributed by atoms with van der Waals surface area (Å²) >= 11 is 2.91. The zero-order valence-electron chi connectivity index (χ0n) is 12.1. The van der Waals surface area contributed by atoms with E-state index in [4.69, 9.17) is 5.26 Å². The first kappa shape index (κ1) is 14.6. The highest BCUT2D eigenvalue weighted by Crippen LogP contribution is 2.42. The molecular formula is C17H9N3O2S2. The maximum atomic E-state index is 11.8. The van der Waals surface area contributed by atoms with Gasteiger partial charge in [-0.3, -0.25) is 9.78 Å². The van der Waals surface area contributed by atoms with Gasteiger partial charge in [-0.05, 0) is 29.8 Å². The summed E-state index contributed by atoms with van der Waals surface area (Å²) in [5.74, 6) is -0.258. The second-order valence-corrected chi connectivity index (χ2v) is 7.01. The van der Waals surface area contributed by atoms with Gasteiger partial charge < -0.3 is 10.1 Å². The van der Waals surface area contributed by atoms with Gasteiger partial charge in [0.2, 0.25) is 0 Å². The standard InChI is InChI=1S/C17H9N3O2S2/c18-7-10-15(21)14-11(8-23-17(14)20-16(10)22)13-2-1-12(24-13)9-3-5-19-6-4-9/h1-6,8H,(H2,20,21,22). The van der Waals surface area contributed by atoms with Crippen LogP contribution in [0.25, 0.3) is 31.1 Å². The highest BCUT2D eigenvalue weighted by atomic mass is 32.1. The SMILES string of the molecule is N#Cc1c(O)c2c(-c3ccc(-c4ccncc4)s3)csc2[nH]c1=O. The monoisotopic (exact) mass is 351 g/mol. The molecule has 0 spiro atoms. The van der Waals surface area contributed by atoms with Crippen molar-refractivity contribution in [2.45, 2.75) is 0 Å². The Morgan fingerprint density at radius 3 is 2.67 bits per heavy atom. The second-order valence-electron chi connectivity index (χ2n) is 5.04. The molecule has 5 nitrogen and oxygen atoms in total. The highest BCUT2D eigenvalue weighted by Gasteiger charge is 2.18. The Labute approximate surface area is 144 Å². The summed E-state index contributed by atoms with van der Waals surface area (Å²) in [5.41, 5.74) is 1.05. The lowest BCUT2D eigenvalue weighted by atomic mass is 10.1. The Balaban J connectivity index is 1.91. The smallest absolute Gasteiger partial charge is 0.270 e. The number of aromatic nitrogens is 2. The number of hydrogen-bond donors (Lipinski definition) is 2. The van der Waals surface area contributed by atoms with Crippen molar-refractivity contribution in [2.75, 3.05) is 0 Å². The number of aromatic amines is 1. The van der Waals surface area contributed by atoms with Gasteiger partial charge in [-0.15, -0.1) is 22.7 Å². The number of nitrogens with zero attached hydrogens (tertiary/aromatic N) is 2. The van der Waals surface area contributed by atoms with Crippen LogP contribution in [0.4, 0.5) is 0 Å². The fourth-order valence-electron chi connectivity index (χ4n) is 2.52. The minimum Gasteiger partial charge on any atom is -0.506 e. The van der Waals surface area contributed by atoms with Crippen molar-refractivity contribution in [3.05, 3.63) is 58.0 Å². The summed E-state index contributed by atoms with van der Waals surface area (Å²) < 4.78 is 0. The fraction of sp³-hybridized carbons (Fsp3) is 0. The number of nitrogens with one attached hydrogen (secondary N) is 1. The maximum absolute atomic E-state index is 11.8. The van der Waals surface area contributed by atoms with Gasteiger partial charge in [-0.2, -0.15) is 5.26 Å². The predicted octanol–water partition coefficient (Wildman–Crippen LogP) is 3.96. The minimum absolute atomic E-state index is 0.256. The second kappa shape index (κ2) is 5.60. The van der Waals surface area contributed by atoms with Crippen molar-refractivity contribution >= 4 is 32.9 Å². The largest absolute Gasteiger partial charge is 0.506 e. The van der Waals surface area contributed by atoms with Crippen molar-refractivity contribution in [3.8, 4) is 32.7 Å². The summed E-state index contributed by atoms with van der Waals surface area (Å²) in [4.78, 5) is 21.1. The van der Waals surface area contributed by atoms with Gasteiger partial charge in [0.1, 0.15) is 16.6 Å². The molecular weight excluding hydrogens is 342 g/mol. The third-order valence-corrected chi connectivity index (χ3v) is 5.73. The summed E-state index contributed by atoms with van der Waals surface area (Å²) in [7, 11) is 0. The molecule has 0 radical (unpaired) electrons. The van der Waals surface area contributed by atoms with E-state index in [1.165, 1.54) is 11.3 Å². The fourth-order valence-corrected chi connectivity index (χ4v) is 4.59. The molecule has 0 amide bonds. The lowest BCUT2D eigenvalue weighted by molar-refractivity contribution is 0.479. The summed E-state index contributed by atoms with van der Waals surface area (Å²) in [6.45, 7) is 0. The van der Waals surface area contributed by atoms with E-state index >= 15 is 0 Å². The highest BCUT2D eigenvalue weighted by molar-refractivity contribution is 7.20. The molecule has 4 aromatic rings. The van der Waals surface area contributed by atoms with Gasteiger partial charge in [0.25, 0.3) is 5.56 Å². The quantitative estimate of drug-likeness (QED) is 0.572. The van der Waals surface area contributed by atoms with Crippen molar-refractivity contribution in [3.63, 3.8) is 0 Å². The van der Waals surface area contributed by atoms with E-state index in [-0.39, 0.29) is 11.3 Å². The zero-order valence-corrected chi connectivity index (χ0v) is 13.7. The van der Waals surface area contributed by atoms with Crippen LogP contribution in [-0.2, 0) is 0 Å². The molecule has 2 N–H and O–H groups in total. The van der Waals surface area contributed by atoms with E-state index in [0.29, 0.717) is 10.2 Å². The number of H-pyrrole nitrogens is 1. The zero-order chi connectivity index (χ0) is 16.7. The van der Waals surface area contributed by atoms with E-state index in [1.807, 2.05) is 29.6 Å². The number of aromatic hydroxyl groups is 1. The van der Waals surface area contributed by atoms with E-state index in [9.17, 15) is 9.90 Å². The maximum Gasteiger partial charge on any atom is 0.270 e. The molecule has 0 bridgehead atoms. The molecule has 0 saturated carbocycles. The molecule has 24 heavy (non-hydrogen) atoms. The molecule has 0 aliphatic carbocycles. The lowest BCUT2D eigenvalue weighted by Gasteiger charge is -2.01. The molecule has 4 rings (SSSR count). The first-order valence-electron chi connectivity index (χ1n) is 6.96. The molecule has 4 aromatic heterocycles. The molecule has 0 aliphatic heterocycles. The molecule has 0 fully saturated rings. The van der Waals surface area contributed by atoms with E-state index in [0.717, 1.165) is 20.9 Å². The lowest BCUT2D eigenvalue weighted by Crippen LogP contribution is -2.09. The number of nitriles is 1. The van der Waals surface area contributed by atoms with Crippen molar-refractivity contribution < 1.29 is 5.11 Å². The Kier molecular flexibility index (Phi) is 3.41. The molecule has 0 unspecified atom stereocenters. The van der Waals surface area contributed by atoms with Crippen LogP contribution in [0.3, 0.4) is 0 Å². The number of thiophene rings is 2. The Morgan fingerprint density at radius 2 is 1.92 bits per heavy atom. The molecule has 0 aromatic carbocycles. The van der Waals surface area contributed by atoms with Crippen molar-refractivity contribution in [1.29, 1.82) is 5.26 Å². The summed E-state index contributed by atoms with van der Waals surface area (Å²) in [6.07, 6.45) is 3.48. The topological polar surface area (TPSA) is 89.8 Å². The number of fused-ring (bicyclic) bond motifs is 1. The molecule has 0 atom stereocenters. The van der Waals surface area contributed by atoms with Crippen LogP contribution in [0.2, 0.25) is 0 Å². The predicted molar refractivity (Wildman–Crippen MR) is 95.4 cm³/mol. The first-order chi connectivity index (χ1) is 11.7. The molecule has 4 heterocycles. The minimum atomic E-state index is -0.570. The van der Waals surface area contributed by atoms with Gasteiger partial charge in [0.15, 0.2) is 5.56 Å². The van der Waals surface area contributed by atoms with Crippen LogP contribution in [0.5, 0.6) is 5.75 Å². The van der Waals surface area contributed by atoms with Crippen LogP contribution in [-0.4, -0.2) is 15.1 Å². The number of rotatable bonds is 2. The summed E-state index contributed by atoms with van der Waals surface area (Å²) in [6, 6.07) is 9.61. The average Bonchev–Trinajstić information content (AvgIpc) is 3.22. The Hall–Kier alpha value is -2.95. The van der Waals surface area contributed by atoms with Gasteiger partial charge in [-0.1, -0.05) is 0 Å². The molecule has 116 valence electrons. The number of pyridine rings is 2. The number of hydrogen-bond acceptors (Lipinski definition) is 6. The van der Waals surface area contributed by atoms with E-state index in [2.05, 4.69) is 9.97 Å². The first-order valence-corrected chi connectivity index (χ1v) is 8.66. The third-order valence-electron chi connectivity index (χ3n) is 3.67. The third kappa shape index (κ3) is 2.21. The molecule has 7 heteroatoms. The normalized spacial score (nSPS) is 10.8.